The number of hydrogen-bond donors (Lipinski definition) is 2. The molecule has 1 unspecified atom stereocenters. The zero-order valence-electron chi connectivity index (χ0n) is 11.9. The Morgan fingerprint density at radius 2 is 1.84 bits per heavy atom. The highest BCUT2D eigenvalue weighted by molar-refractivity contribution is 5.83. The minimum absolute atomic E-state index is 0.555. The summed E-state index contributed by atoms with van der Waals surface area (Å²) in [6.45, 7) is 7.08. The van der Waals surface area contributed by atoms with Gasteiger partial charge in [0, 0.05) is 0 Å². The van der Waals surface area contributed by atoms with Gasteiger partial charge in [0.25, 0.3) is 0 Å². The Morgan fingerprint density at radius 1 is 1.11 bits per heavy atom. The first-order chi connectivity index (χ1) is 9.19. The smallest absolute Gasteiger partial charge is 0.000823 e. The molecule has 0 spiro atoms. The molecule has 3 N–H and O–H groups in total. The second-order valence-corrected chi connectivity index (χ2v) is 5.48. The monoisotopic (exact) mass is 256 g/mol. The van der Waals surface area contributed by atoms with Crippen LogP contribution >= 0.6 is 0 Å². The van der Waals surface area contributed by atoms with Crippen molar-refractivity contribution in [2.24, 2.45) is 11.7 Å². The molecule has 0 saturated heterocycles. The molecule has 2 nitrogen and oxygen atoms in total. The Hall–Kier alpha value is -1.38. The number of rotatable bonds is 6. The maximum atomic E-state index is 5.60. The van der Waals surface area contributed by atoms with Gasteiger partial charge in [0.2, 0.25) is 0 Å². The maximum Gasteiger partial charge on any atom is -0.000823 e. The van der Waals surface area contributed by atoms with E-state index in [9.17, 15) is 0 Å². The molecule has 19 heavy (non-hydrogen) atoms. The Labute approximate surface area is 116 Å². The highest BCUT2D eigenvalue weighted by atomic mass is 14.9. The van der Waals surface area contributed by atoms with E-state index in [2.05, 4.69) is 55.6 Å². The van der Waals surface area contributed by atoms with E-state index in [0.717, 1.165) is 26.1 Å². The van der Waals surface area contributed by atoms with Crippen LogP contribution in [0.2, 0.25) is 0 Å². The van der Waals surface area contributed by atoms with Crippen LogP contribution < -0.4 is 11.1 Å². The third-order valence-electron chi connectivity index (χ3n) is 3.55. The van der Waals surface area contributed by atoms with Gasteiger partial charge >= 0.3 is 0 Å². The summed E-state index contributed by atoms with van der Waals surface area (Å²) in [5.41, 5.74) is 8.31. The molecule has 0 aliphatic carbocycles. The van der Waals surface area contributed by atoms with E-state index in [4.69, 9.17) is 5.73 Å². The number of nitrogens with two attached hydrogens (primary N) is 1. The van der Waals surface area contributed by atoms with E-state index in [1.807, 2.05) is 0 Å². The van der Waals surface area contributed by atoms with Crippen LogP contribution in [0.5, 0.6) is 0 Å². The largest absolute Gasteiger partial charge is 0.330 e. The molecule has 0 fully saturated rings. The lowest BCUT2D eigenvalue weighted by Crippen LogP contribution is -2.27. The fraction of sp³-hybridized carbons (Fsp3) is 0.412. The average molecular weight is 256 g/mol. The molecule has 0 aliphatic heterocycles. The van der Waals surface area contributed by atoms with Crippen LogP contribution in [-0.2, 0) is 6.42 Å². The first-order valence-electron chi connectivity index (χ1n) is 7.09. The zero-order valence-corrected chi connectivity index (χ0v) is 11.9. The molecule has 102 valence electrons. The second kappa shape index (κ2) is 6.69. The van der Waals surface area contributed by atoms with Gasteiger partial charge in [-0.3, -0.25) is 0 Å². The number of aryl methyl sites for hydroxylation is 1. The van der Waals surface area contributed by atoms with Crippen molar-refractivity contribution in [1.29, 1.82) is 0 Å². The molecule has 0 bridgehead atoms. The van der Waals surface area contributed by atoms with Gasteiger partial charge < -0.3 is 11.1 Å². The number of hydrogen-bond acceptors (Lipinski definition) is 2. The highest BCUT2D eigenvalue weighted by Crippen LogP contribution is 2.17. The SMILES string of the molecule is Cc1ccc2cc(CCNCC(C)CN)ccc2c1. The van der Waals surface area contributed by atoms with Crippen molar-refractivity contribution in [3.05, 3.63) is 47.5 Å². The molecular weight excluding hydrogens is 232 g/mol. The van der Waals surface area contributed by atoms with Crippen molar-refractivity contribution in [3.8, 4) is 0 Å². The lowest BCUT2D eigenvalue weighted by Gasteiger charge is -2.10. The van der Waals surface area contributed by atoms with E-state index in [1.165, 1.54) is 21.9 Å². The predicted octanol–water partition coefficient (Wildman–Crippen LogP) is 2.88. The van der Waals surface area contributed by atoms with Crippen LogP contribution in [0.3, 0.4) is 0 Å². The topological polar surface area (TPSA) is 38.0 Å². The molecule has 0 radical (unpaired) electrons. The molecule has 1 atom stereocenters. The molecule has 0 aromatic heterocycles. The van der Waals surface area contributed by atoms with Crippen LogP contribution in [0.1, 0.15) is 18.1 Å². The Balaban J connectivity index is 1.92. The maximum absolute atomic E-state index is 5.60. The fourth-order valence-electron chi connectivity index (χ4n) is 2.23. The lowest BCUT2D eigenvalue weighted by atomic mass is 10.0. The normalized spacial score (nSPS) is 12.8. The van der Waals surface area contributed by atoms with E-state index in [0.29, 0.717) is 5.92 Å². The standard InChI is InChI=1S/C17H24N2/c1-13-3-5-17-10-15(4-6-16(17)9-13)7-8-19-12-14(2)11-18/h3-6,9-10,14,19H,7-8,11-12,18H2,1-2H3. The summed E-state index contributed by atoms with van der Waals surface area (Å²) >= 11 is 0. The van der Waals surface area contributed by atoms with Crippen molar-refractivity contribution in [2.45, 2.75) is 20.3 Å². The van der Waals surface area contributed by atoms with Gasteiger partial charge in [-0.2, -0.15) is 0 Å². The molecular formula is C17H24N2. The van der Waals surface area contributed by atoms with Crippen molar-refractivity contribution < 1.29 is 0 Å². The molecule has 2 rings (SSSR count). The number of fused-ring (bicyclic) bond motifs is 1. The van der Waals surface area contributed by atoms with Gasteiger partial charge in [-0.25, -0.2) is 0 Å². The first-order valence-corrected chi connectivity index (χ1v) is 7.09. The van der Waals surface area contributed by atoms with Gasteiger partial charge in [-0.15, -0.1) is 0 Å². The summed E-state index contributed by atoms with van der Waals surface area (Å²) in [6.07, 6.45) is 1.07. The Morgan fingerprint density at radius 3 is 2.63 bits per heavy atom. The molecule has 0 amide bonds. The van der Waals surface area contributed by atoms with E-state index >= 15 is 0 Å². The van der Waals surface area contributed by atoms with Crippen LogP contribution in [-0.4, -0.2) is 19.6 Å². The third kappa shape index (κ3) is 4.05. The zero-order chi connectivity index (χ0) is 13.7. The van der Waals surface area contributed by atoms with Crippen LogP contribution in [0.15, 0.2) is 36.4 Å². The van der Waals surface area contributed by atoms with Crippen LogP contribution in [0.25, 0.3) is 10.8 Å². The summed E-state index contributed by atoms with van der Waals surface area (Å²) in [4.78, 5) is 0. The van der Waals surface area contributed by atoms with Crippen molar-refractivity contribution in [1.82, 2.24) is 5.32 Å². The first kappa shape index (κ1) is 14.0. The summed E-state index contributed by atoms with van der Waals surface area (Å²) < 4.78 is 0. The van der Waals surface area contributed by atoms with E-state index in [-0.39, 0.29) is 0 Å². The molecule has 2 heteroatoms. The number of benzene rings is 2. The quantitative estimate of drug-likeness (QED) is 0.780. The van der Waals surface area contributed by atoms with E-state index in [1.54, 1.807) is 0 Å². The molecule has 0 heterocycles. The highest BCUT2D eigenvalue weighted by Gasteiger charge is 2.00. The van der Waals surface area contributed by atoms with Crippen LogP contribution in [0.4, 0.5) is 0 Å². The summed E-state index contributed by atoms with van der Waals surface area (Å²) in [7, 11) is 0. The minimum atomic E-state index is 0.555. The fourth-order valence-corrected chi connectivity index (χ4v) is 2.23. The predicted molar refractivity (Wildman–Crippen MR) is 83.5 cm³/mol. The minimum Gasteiger partial charge on any atom is -0.330 e. The van der Waals surface area contributed by atoms with Crippen molar-refractivity contribution >= 4 is 10.8 Å². The van der Waals surface area contributed by atoms with Crippen molar-refractivity contribution in [2.75, 3.05) is 19.6 Å². The molecule has 2 aromatic carbocycles. The lowest BCUT2D eigenvalue weighted by molar-refractivity contribution is 0.524. The van der Waals surface area contributed by atoms with E-state index < -0.39 is 0 Å². The van der Waals surface area contributed by atoms with Gasteiger partial charge in [0.15, 0.2) is 0 Å². The Bertz CT molecular complexity index is 534. The summed E-state index contributed by atoms with van der Waals surface area (Å²) in [5.74, 6) is 0.555. The van der Waals surface area contributed by atoms with Gasteiger partial charge in [0.1, 0.15) is 0 Å². The number of nitrogens with one attached hydrogen (secondary N) is 1. The van der Waals surface area contributed by atoms with Gasteiger partial charge in [-0.1, -0.05) is 48.9 Å². The van der Waals surface area contributed by atoms with Crippen LogP contribution in [0, 0.1) is 12.8 Å². The molecule has 2 aromatic rings. The van der Waals surface area contributed by atoms with Gasteiger partial charge in [0.05, 0.1) is 0 Å². The Kier molecular flexibility index (Phi) is 4.94. The molecule has 0 saturated carbocycles. The van der Waals surface area contributed by atoms with Gasteiger partial charge in [-0.05, 0) is 55.2 Å². The third-order valence-corrected chi connectivity index (χ3v) is 3.55. The van der Waals surface area contributed by atoms with Crippen molar-refractivity contribution in [3.63, 3.8) is 0 Å². The summed E-state index contributed by atoms with van der Waals surface area (Å²) in [6, 6.07) is 13.4. The average Bonchev–Trinajstić information content (AvgIpc) is 2.43. The molecule has 0 aliphatic rings. The second-order valence-electron chi connectivity index (χ2n) is 5.48. The summed E-state index contributed by atoms with van der Waals surface area (Å²) in [5, 5.41) is 6.12.